The Morgan fingerprint density at radius 2 is 1.92 bits per heavy atom. The third-order valence-corrected chi connectivity index (χ3v) is 5.07. The lowest BCUT2D eigenvalue weighted by atomic mass is 9.96. The zero-order valence-corrected chi connectivity index (χ0v) is 14.1. The summed E-state index contributed by atoms with van der Waals surface area (Å²) >= 11 is 0. The largest absolute Gasteiger partial charge is 0.355 e. The maximum Gasteiger partial charge on any atom is 0.253 e. The number of aromatic nitrogens is 4. The van der Waals surface area contributed by atoms with Gasteiger partial charge in [0.2, 0.25) is 0 Å². The average molecular weight is 325 g/mol. The molecule has 2 aromatic heterocycles. The molecule has 24 heavy (non-hydrogen) atoms. The standard InChI is InChI=1S/C18H23N5O/c1-13-2-5-17(21-20-13)22-8-6-14(7-9-22)11-23-12-19-16(10-18(23)24)15-3-4-15/h2,5,10,12,14-15H,3-4,6-9,11H2,1H3. The van der Waals surface area contributed by atoms with E-state index in [0.29, 0.717) is 11.8 Å². The van der Waals surface area contributed by atoms with E-state index in [1.54, 1.807) is 17.0 Å². The number of aryl methyl sites for hydroxylation is 1. The highest BCUT2D eigenvalue weighted by Gasteiger charge is 2.26. The SMILES string of the molecule is Cc1ccc(N2CCC(Cn3cnc(C4CC4)cc3=O)CC2)nn1. The minimum Gasteiger partial charge on any atom is -0.355 e. The summed E-state index contributed by atoms with van der Waals surface area (Å²) in [6.45, 7) is 4.64. The topological polar surface area (TPSA) is 63.9 Å². The number of nitrogens with zero attached hydrogens (tertiary/aromatic N) is 5. The molecule has 3 heterocycles. The van der Waals surface area contributed by atoms with Gasteiger partial charge in [-0.25, -0.2) is 4.98 Å². The van der Waals surface area contributed by atoms with Crippen molar-refractivity contribution in [2.24, 2.45) is 5.92 Å². The van der Waals surface area contributed by atoms with Crippen LogP contribution in [0, 0.1) is 12.8 Å². The van der Waals surface area contributed by atoms with Crippen LogP contribution in [-0.4, -0.2) is 32.8 Å². The Balaban J connectivity index is 1.36. The first-order chi connectivity index (χ1) is 11.7. The third kappa shape index (κ3) is 3.32. The summed E-state index contributed by atoms with van der Waals surface area (Å²) < 4.78 is 1.78. The van der Waals surface area contributed by atoms with E-state index in [4.69, 9.17) is 0 Å². The zero-order valence-electron chi connectivity index (χ0n) is 14.1. The fourth-order valence-corrected chi connectivity index (χ4v) is 3.36. The van der Waals surface area contributed by atoms with Crippen molar-refractivity contribution in [2.75, 3.05) is 18.0 Å². The summed E-state index contributed by atoms with van der Waals surface area (Å²) in [5.41, 5.74) is 2.01. The fraction of sp³-hybridized carbons (Fsp3) is 0.556. The second-order valence-corrected chi connectivity index (χ2v) is 7.04. The molecule has 1 aliphatic heterocycles. The summed E-state index contributed by atoms with van der Waals surface area (Å²) in [7, 11) is 0. The Bertz CT molecular complexity index is 758. The number of hydrogen-bond donors (Lipinski definition) is 0. The van der Waals surface area contributed by atoms with Crippen LogP contribution in [0.15, 0.2) is 29.3 Å². The van der Waals surface area contributed by atoms with Crippen LogP contribution in [0.3, 0.4) is 0 Å². The van der Waals surface area contributed by atoms with Crippen molar-refractivity contribution in [1.29, 1.82) is 0 Å². The first-order valence-corrected chi connectivity index (χ1v) is 8.81. The van der Waals surface area contributed by atoms with Crippen molar-refractivity contribution in [1.82, 2.24) is 19.7 Å². The summed E-state index contributed by atoms with van der Waals surface area (Å²) in [4.78, 5) is 19.0. The van der Waals surface area contributed by atoms with Crippen molar-refractivity contribution in [3.8, 4) is 0 Å². The van der Waals surface area contributed by atoms with Gasteiger partial charge in [-0.3, -0.25) is 9.36 Å². The zero-order chi connectivity index (χ0) is 16.5. The van der Waals surface area contributed by atoms with E-state index in [2.05, 4.69) is 20.1 Å². The van der Waals surface area contributed by atoms with Crippen molar-refractivity contribution in [2.45, 2.75) is 45.1 Å². The number of piperidine rings is 1. The first-order valence-electron chi connectivity index (χ1n) is 8.81. The summed E-state index contributed by atoms with van der Waals surface area (Å²) in [6.07, 6.45) is 6.22. The third-order valence-electron chi connectivity index (χ3n) is 5.07. The fourth-order valence-electron chi connectivity index (χ4n) is 3.36. The van der Waals surface area contributed by atoms with E-state index < -0.39 is 0 Å². The summed E-state index contributed by atoms with van der Waals surface area (Å²) in [5.74, 6) is 2.00. The minimum atomic E-state index is 0.0960. The van der Waals surface area contributed by atoms with E-state index in [9.17, 15) is 4.79 Å². The van der Waals surface area contributed by atoms with Crippen LogP contribution >= 0.6 is 0 Å². The highest BCUT2D eigenvalue weighted by atomic mass is 16.1. The molecule has 0 spiro atoms. The van der Waals surface area contributed by atoms with Gasteiger partial charge in [0.1, 0.15) is 0 Å². The van der Waals surface area contributed by atoms with Crippen molar-refractivity contribution in [3.05, 3.63) is 46.3 Å². The molecule has 6 heteroatoms. The van der Waals surface area contributed by atoms with E-state index in [1.807, 2.05) is 19.1 Å². The second-order valence-electron chi connectivity index (χ2n) is 7.04. The van der Waals surface area contributed by atoms with Gasteiger partial charge < -0.3 is 4.90 Å². The van der Waals surface area contributed by atoms with Crippen LogP contribution in [0.1, 0.15) is 43.0 Å². The van der Waals surface area contributed by atoms with Gasteiger partial charge in [-0.15, -0.1) is 5.10 Å². The Morgan fingerprint density at radius 3 is 2.54 bits per heavy atom. The molecule has 0 unspecified atom stereocenters. The molecule has 1 saturated carbocycles. The molecule has 0 amide bonds. The van der Waals surface area contributed by atoms with Gasteiger partial charge in [-0.1, -0.05) is 0 Å². The van der Waals surface area contributed by atoms with Crippen molar-refractivity contribution >= 4 is 5.82 Å². The summed E-state index contributed by atoms with van der Waals surface area (Å²) in [6, 6.07) is 5.77. The second kappa shape index (κ2) is 6.34. The van der Waals surface area contributed by atoms with E-state index >= 15 is 0 Å². The van der Waals surface area contributed by atoms with Gasteiger partial charge in [0.05, 0.1) is 17.7 Å². The predicted molar refractivity (Wildman–Crippen MR) is 92.2 cm³/mol. The quantitative estimate of drug-likeness (QED) is 0.862. The number of anilines is 1. The molecule has 0 bridgehead atoms. The van der Waals surface area contributed by atoms with Crippen molar-refractivity contribution in [3.63, 3.8) is 0 Å². The van der Waals surface area contributed by atoms with E-state index in [-0.39, 0.29) is 5.56 Å². The smallest absolute Gasteiger partial charge is 0.253 e. The Labute approximate surface area is 141 Å². The maximum absolute atomic E-state index is 12.3. The molecular formula is C18H23N5O. The molecule has 1 aliphatic carbocycles. The van der Waals surface area contributed by atoms with Crippen LogP contribution in [0.5, 0.6) is 0 Å². The molecular weight excluding hydrogens is 302 g/mol. The molecule has 0 aromatic carbocycles. The first kappa shape index (κ1) is 15.3. The minimum absolute atomic E-state index is 0.0960. The molecule has 0 atom stereocenters. The molecule has 126 valence electrons. The van der Waals surface area contributed by atoms with Crippen LogP contribution < -0.4 is 10.5 Å². The highest BCUT2D eigenvalue weighted by molar-refractivity contribution is 5.37. The van der Waals surface area contributed by atoms with E-state index in [1.165, 1.54) is 12.8 Å². The van der Waals surface area contributed by atoms with Crippen molar-refractivity contribution < 1.29 is 0 Å². The Kier molecular flexibility index (Phi) is 4.04. The van der Waals surface area contributed by atoms with Gasteiger partial charge in [-0.05, 0) is 50.7 Å². The Hall–Kier alpha value is -2.24. The molecule has 1 saturated heterocycles. The molecule has 2 aromatic rings. The van der Waals surface area contributed by atoms with Crippen LogP contribution in [0.4, 0.5) is 5.82 Å². The Morgan fingerprint density at radius 1 is 1.12 bits per heavy atom. The molecule has 6 nitrogen and oxygen atoms in total. The van der Waals surface area contributed by atoms with Crippen LogP contribution in [0.2, 0.25) is 0 Å². The average Bonchev–Trinajstić information content (AvgIpc) is 3.43. The van der Waals surface area contributed by atoms with Gasteiger partial charge >= 0.3 is 0 Å². The molecule has 2 aliphatic rings. The lowest BCUT2D eigenvalue weighted by Gasteiger charge is -2.32. The van der Waals surface area contributed by atoms with Gasteiger partial charge in [0, 0.05) is 31.6 Å². The molecule has 4 rings (SSSR count). The summed E-state index contributed by atoms with van der Waals surface area (Å²) in [5, 5.41) is 8.40. The van der Waals surface area contributed by atoms with Gasteiger partial charge in [0.25, 0.3) is 5.56 Å². The highest BCUT2D eigenvalue weighted by Crippen LogP contribution is 2.38. The van der Waals surface area contributed by atoms with Crippen LogP contribution in [-0.2, 0) is 6.54 Å². The van der Waals surface area contributed by atoms with Gasteiger partial charge in [0.15, 0.2) is 5.82 Å². The molecule has 0 radical (unpaired) electrons. The van der Waals surface area contributed by atoms with Crippen LogP contribution in [0.25, 0.3) is 0 Å². The number of hydrogen-bond acceptors (Lipinski definition) is 5. The number of rotatable bonds is 4. The lowest BCUT2D eigenvalue weighted by molar-refractivity contribution is 0.349. The predicted octanol–water partition coefficient (Wildman–Crippen LogP) is 2.14. The van der Waals surface area contributed by atoms with E-state index in [0.717, 1.165) is 49.7 Å². The maximum atomic E-state index is 12.3. The molecule has 0 N–H and O–H groups in total. The monoisotopic (exact) mass is 325 g/mol. The molecule has 2 fully saturated rings. The normalized spacial score (nSPS) is 18.8. The lowest BCUT2D eigenvalue weighted by Crippen LogP contribution is -2.37. The van der Waals surface area contributed by atoms with Gasteiger partial charge in [-0.2, -0.15) is 5.10 Å².